The van der Waals surface area contributed by atoms with Crippen molar-refractivity contribution in [2.24, 2.45) is 0 Å². The molecule has 0 aliphatic carbocycles. The lowest BCUT2D eigenvalue weighted by atomic mass is 10.1. The average Bonchev–Trinajstić information content (AvgIpc) is 3.10. The first kappa shape index (κ1) is 15.7. The zero-order valence-corrected chi connectivity index (χ0v) is 13.2. The van der Waals surface area contributed by atoms with E-state index in [9.17, 15) is 4.79 Å². The molecule has 2 aromatic rings. The lowest BCUT2D eigenvalue weighted by Gasteiger charge is -2.32. The van der Waals surface area contributed by atoms with Gasteiger partial charge in [0, 0.05) is 37.7 Å². The SMILES string of the molecule is COC(=O)C[C@H]1CN(Cc2ccc(-n3ccnc3)cc2)CCO1. The van der Waals surface area contributed by atoms with Gasteiger partial charge in [0.1, 0.15) is 0 Å². The molecule has 0 radical (unpaired) electrons. The molecule has 1 fully saturated rings. The van der Waals surface area contributed by atoms with Gasteiger partial charge in [0.05, 0.1) is 32.6 Å². The van der Waals surface area contributed by atoms with Crippen LogP contribution in [0.3, 0.4) is 0 Å². The molecule has 23 heavy (non-hydrogen) atoms. The fourth-order valence-corrected chi connectivity index (χ4v) is 2.76. The Labute approximate surface area is 135 Å². The predicted octanol–water partition coefficient (Wildman–Crippen LogP) is 1.64. The van der Waals surface area contributed by atoms with Crippen LogP contribution in [0.4, 0.5) is 0 Å². The minimum atomic E-state index is -0.221. The van der Waals surface area contributed by atoms with E-state index in [1.54, 1.807) is 12.5 Å². The van der Waals surface area contributed by atoms with Gasteiger partial charge in [0.15, 0.2) is 0 Å². The van der Waals surface area contributed by atoms with Crippen LogP contribution in [0.1, 0.15) is 12.0 Å². The monoisotopic (exact) mass is 315 g/mol. The molecule has 0 bridgehead atoms. The second kappa shape index (κ2) is 7.39. The number of hydrogen-bond acceptors (Lipinski definition) is 5. The van der Waals surface area contributed by atoms with Gasteiger partial charge in [-0.2, -0.15) is 0 Å². The summed E-state index contributed by atoms with van der Waals surface area (Å²) in [6.07, 6.45) is 5.71. The molecule has 0 N–H and O–H groups in total. The zero-order chi connectivity index (χ0) is 16.1. The molecular weight excluding hydrogens is 294 g/mol. The van der Waals surface area contributed by atoms with Crippen molar-refractivity contribution in [1.29, 1.82) is 0 Å². The molecule has 1 aliphatic heterocycles. The summed E-state index contributed by atoms with van der Waals surface area (Å²) in [5, 5.41) is 0. The van der Waals surface area contributed by atoms with Crippen LogP contribution in [-0.4, -0.2) is 53.3 Å². The Hall–Kier alpha value is -2.18. The van der Waals surface area contributed by atoms with Crippen LogP contribution in [-0.2, 0) is 20.8 Å². The quantitative estimate of drug-likeness (QED) is 0.785. The van der Waals surface area contributed by atoms with Gasteiger partial charge < -0.3 is 14.0 Å². The highest BCUT2D eigenvalue weighted by atomic mass is 16.5. The lowest BCUT2D eigenvalue weighted by molar-refractivity contribution is -0.145. The van der Waals surface area contributed by atoms with Crippen molar-refractivity contribution in [1.82, 2.24) is 14.5 Å². The van der Waals surface area contributed by atoms with Crippen LogP contribution in [0.5, 0.6) is 0 Å². The molecule has 0 spiro atoms. The van der Waals surface area contributed by atoms with E-state index in [0.717, 1.165) is 25.3 Å². The van der Waals surface area contributed by atoms with E-state index in [4.69, 9.17) is 9.47 Å². The first-order chi connectivity index (χ1) is 11.2. The molecule has 1 aromatic carbocycles. The highest BCUT2D eigenvalue weighted by Crippen LogP contribution is 2.15. The molecule has 0 amide bonds. The number of esters is 1. The van der Waals surface area contributed by atoms with E-state index in [1.165, 1.54) is 12.7 Å². The van der Waals surface area contributed by atoms with Crippen molar-refractivity contribution < 1.29 is 14.3 Å². The Morgan fingerprint density at radius 2 is 2.22 bits per heavy atom. The van der Waals surface area contributed by atoms with Crippen LogP contribution in [0, 0.1) is 0 Å². The molecular formula is C17H21N3O3. The number of carbonyl (C=O) groups excluding carboxylic acids is 1. The van der Waals surface area contributed by atoms with Crippen LogP contribution in [0.25, 0.3) is 5.69 Å². The molecule has 6 heteroatoms. The topological polar surface area (TPSA) is 56.6 Å². The summed E-state index contributed by atoms with van der Waals surface area (Å²) < 4.78 is 12.3. The summed E-state index contributed by atoms with van der Waals surface area (Å²) in [6, 6.07) is 8.42. The van der Waals surface area contributed by atoms with E-state index in [2.05, 4.69) is 34.1 Å². The second-order valence-electron chi connectivity index (χ2n) is 5.64. The molecule has 0 saturated carbocycles. The number of hydrogen-bond donors (Lipinski definition) is 0. The fourth-order valence-electron chi connectivity index (χ4n) is 2.76. The minimum absolute atomic E-state index is 0.0820. The highest BCUT2D eigenvalue weighted by Gasteiger charge is 2.23. The van der Waals surface area contributed by atoms with Crippen LogP contribution < -0.4 is 0 Å². The summed E-state index contributed by atoms with van der Waals surface area (Å²) >= 11 is 0. The molecule has 1 aromatic heterocycles. The van der Waals surface area contributed by atoms with Crippen molar-refractivity contribution in [2.45, 2.75) is 19.1 Å². The van der Waals surface area contributed by atoms with Crippen molar-refractivity contribution in [3.8, 4) is 5.69 Å². The molecule has 6 nitrogen and oxygen atoms in total. The Kier molecular flexibility index (Phi) is 5.05. The van der Waals surface area contributed by atoms with Crippen molar-refractivity contribution in [3.05, 3.63) is 48.5 Å². The minimum Gasteiger partial charge on any atom is -0.469 e. The first-order valence-electron chi connectivity index (χ1n) is 7.72. The van der Waals surface area contributed by atoms with E-state index < -0.39 is 0 Å². The average molecular weight is 315 g/mol. The zero-order valence-electron chi connectivity index (χ0n) is 13.2. The van der Waals surface area contributed by atoms with Crippen molar-refractivity contribution >= 4 is 5.97 Å². The molecule has 122 valence electrons. The Morgan fingerprint density at radius 3 is 2.91 bits per heavy atom. The van der Waals surface area contributed by atoms with Crippen LogP contribution in [0.2, 0.25) is 0 Å². The van der Waals surface area contributed by atoms with Gasteiger partial charge in [0.2, 0.25) is 0 Å². The fraction of sp³-hybridized carbons (Fsp3) is 0.412. The lowest BCUT2D eigenvalue weighted by Crippen LogP contribution is -2.42. The Balaban J connectivity index is 1.57. The molecule has 1 atom stereocenters. The number of nitrogens with zero attached hydrogens (tertiary/aromatic N) is 3. The number of carbonyl (C=O) groups is 1. The van der Waals surface area contributed by atoms with E-state index >= 15 is 0 Å². The predicted molar refractivity (Wildman–Crippen MR) is 85.2 cm³/mol. The summed E-state index contributed by atoms with van der Waals surface area (Å²) in [5.74, 6) is -0.221. The normalized spacial score (nSPS) is 18.7. The van der Waals surface area contributed by atoms with Gasteiger partial charge in [-0.3, -0.25) is 9.69 Å². The maximum atomic E-state index is 11.4. The smallest absolute Gasteiger partial charge is 0.308 e. The molecule has 2 heterocycles. The number of benzene rings is 1. The summed E-state index contributed by atoms with van der Waals surface area (Å²) in [7, 11) is 1.41. The third-order valence-electron chi connectivity index (χ3n) is 3.99. The van der Waals surface area contributed by atoms with Crippen molar-refractivity contribution in [2.75, 3.05) is 26.8 Å². The molecule has 1 saturated heterocycles. The third-order valence-corrected chi connectivity index (χ3v) is 3.99. The maximum absolute atomic E-state index is 11.4. The van der Waals surface area contributed by atoms with Crippen LogP contribution in [0.15, 0.2) is 43.0 Å². The number of morpholine rings is 1. The van der Waals surface area contributed by atoms with Gasteiger partial charge in [-0.15, -0.1) is 0 Å². The standard InChI is InChI=1S/C17H21N3O3/c1-22-17(21)10-16-12-19(8-9-23-16)11-14-2-4-15(5-3-14)20-7-6-18-13-20/h2-7,13,16H,8-12H2,1H3/t16-/m0/s1. The van der Waals surface area contributed by atoms with E-state index in [0.29, 0.717) is 13.0 Å². The van der Waals surface area contributed by atoms with Crippen molar-refractivity contribution in [3.63, 3.8) is 0 Å². The molecule has 3 rings (SSSR count). The largest absolute Gasteiger partial charge is 0.469 e. The van der Waals surface area contributed by atoms with E-state index in [-0.39, 0.29) is 12.1 Å². The molecule has 1 aliphatic rings. The number of aromatic nitrogens is 2. The Morgan fingerprint density at radius 1 is 1.39 bits per heavy atom. The summed E-state index contributed by atoms with van der Waals surface area (Å²) in [6.45, 7) is 3.12. The van der Waals surface area contributed by atoms with E-state index in [1.807, 2.05) is 10.8 Å². The number of ether oxygens (including phenoxy) is 2. The van der Waals surface area contributed by atoms with Crippen LogP contribution >= 0.6 is 0 Å². The molecule has 0 unspecified atom stereocenters. The summed E-state index contributed by atoms with van der Waals surface area (Å²) in [4.78, 5) is 17.7. The first-order valence-corrected chi connectivity index (χ1v) is 7.72. The third kappa shape index (κ3) is 4.18. The van der Waals surface area contributed by atoms with Gasteiger partial charge in [-0.05, 0) is 17.7 Å². The maximum Gasteiger partial charge on any atom is 0.308 e. The second-order valence-corrected chi connectivity index (χ2v) is 5.64. The number of rotatable bonds is 5. The number of imidazole rings is 1. The van der Waals surface area contributed by atoms with Gasteiger partial charge in [-0.25, -0.2) is 4.98 Å². The highest BCUT2D eigenvalue weighted by molar-refractivity contribution is 5.69. The summed E-state index contributed by atoms with van der Waals surface area (Å²) in [5.41, 5.74) is 2.34. The van der Waals surface area contributed by atoms with Gasteiger partial charge in [0.25, 0.3) is 0 Å². The van der Waals surface area contributed by atoms with Gasteiger partial charge >= 0.3 is 5.97 Å². The Bertz CT molecular complexity index is 625. The number of methoxy groups -OCH3 is 1. The van der Waals surface area contributed by atoms with Gasteiger partial charge in [-0.1, -0.05) is 12.1 Å².